The first kappa shape index (κ1) is 18.5. The van der Waals surface area contributed by atoms with Gasteiger partial charge in [0, 0.05) is 12.1 Å². The average Bonchev–Trinajstić information content (AvgIpc) is 2.63. The second-order valence-corrected chi connectivity index (χ2v) is 5.57. The molecule has 0 atom stereocenters. The standard InChI is InChI=1S/C20H22FNO3/c1-14(12-16-6-9-18(24-2)19(13-16)25-3)20(23)22-11-10-15-4-7-17(21)8-5-15/h4-9,12-13H,10-11H2,1-3H3,(H,22,23)/b14-12+. The molecule has 0 saturated heterocycles. The zero-order chi connectivity index (χ0) is 18.2. The molecule has 1 amide bonds. The molecule has 4 nitrogen and oxygen atoms in total. The molecular weight excluding hydrogens is 321 g/mol. The third-order valence-electron chi connectivity index (χ3n) is 3.76. The highest BCUT2D eigenvalue weighted by atomic mass is 19.1. The minimum Gasteiger partial charge on any atom is -0.493 e. The van der Waals surface area contributed by atoms with Gasteiger partial charge in [0.05, 0.1) is 14.2 Å². The molecule has 25 heavy (non-hydrogen) atoms. The van der Waals surface area contributed by atoms with Gasteiger partial charge in [-0.3, -0.25) is 4.79 Å². The second kappa shape index (κ2) is 8.87. The Labute approximate surface area is 147 Å². The van der Waals surface area contributed by atoms with Crippen LogP contribution in [-0.2, 0) is 11.2 Å². The lowest BCUT2D eigenvalue weighted by atomic mass is 10.1. The summed E-state index contributed by atoms with van der Waals surface area (Å²) in [7, 11) is 3.15. The average molecular weight is 343 g/mol. The molecule has 1 N–H and O–H groups in total. The van der Waals surface area contributed by atoms with Crippen molar-refractivity contribution in [2.45, 2.75) is 13.3 Å². The monoisotopic (exact) mass is 343 g/mol. The first-order valence-corrected chi connectivity index (χ1v) is 7.96. The van der Waals surface area contributed by atoms with Crippen molar-refractivity contribution in [3.05, 3.63) is 65.0 Å². The summed E-state index contributed by atoms with van der Waals surface area (Å²) in [5.74, 6) is 0.847. The summed E-state index contributed by atoms with van der Waals surface area (Å²) in [6, 6.07) is 11.7. The number of rotatable bonds is 7. The Morgan fingerprint density at radius 1 is 1.08 bits per heavy atom. The predicted molar refractivity (Wildman–Crippen MR) is 96.3 cm³/mol. The first-order valence-electron chi connectivity index (χ1n) is 7.96. The van der Waals surface area contributed by atoms with Gasteiger partial charge in [0.2, 0.25) is 5.91 Å². The van der Waals surface area contributed by atoms with Gasteiger partial charge in [0.25, 0.3) is 0 Å². The third kappa shape index (κ3) is 5.35. The molecule has 0 spiro atoms. The fourth-order valence-corrected chi connectivity index (χ4v) is 2.37. The summed E-state index contributed by atoms with van der Waals surface area (Å²) in [4.78, 5) is 12.2. The number of hydrogen-bond donors (Lipinski definition) is 1. The number of ether oxygens (including phenoxy) is 2. The maximum atomic E-state index is 12.9. The maximum absolute atomic E-state index is 12.9. The van der Waals surface area contributed by atoms with Gasteiger partial charge in [-0.05, 0) is 54.8 Å². The van der Waals surface area contributed by atoms with Crippen molar-refractivity contribution >= 4 is 12.0 Å². The molecule has 132 valence electrons. The number of nitrogens with one attached hydrogen (secondary N) is 1. The summed E-state index contributed by atoms with van der Waals surface area (Å²) in [5.41, 5.74) is 2.42. The SMILES string of the molecule is COc1ccc(/C=C(\C)C(=O)NCCc2ccc(F)cc2)cc1OC. The first-order chi connectivity index (χ1) is 12.0. The summed E-state index contributed by atoms with van der Waals surface area (Å²) in [6.45, 7) is 2.24. The van der Waals surface area contributed by atoms with Gasteiger partial charge >= 0.3 is 0 Å². The molecule has 2 aromatic carbocycles. The molecule has 0 saturated carbocycles. The Morgan fingerprint density at radius 2 is 1.76 bits per heavy atom. The van der Waals surface area contributed by atoms with Crippen LogP contribution in [0.2, 0.25) is 0 Å². The number of methoxy groups -OCH3 is 2. The van der Waals surface area contributed by atoms with Crippen molar-refractivity contribution in [3.8, 4) is 11.5 Å². The van der Waals surface area contributed by atoms with Crippen LogP contribution in [0.1, 0.15) is 18.1 Å². The van der Waals surface area contributed by atoms with Gasteiger partial charge < -0.3 is 14.8 Å². The minimum absolute atomic E-state index is 0.142. The van der Waals surface area contributed by atoms with E-state index in [1.165, 1.54) is 12.1 Å². The second-order valence-electron chi connectivity index (χ2n) is 5.57. The smallest absolute Gasteiger partial charge is 0.246 e. The number of carbonyl (C=O) groups excluding carboxylic acids is 1. The van der Waals surface area contributed by atoms with Crippen LogP contribution in [0.15, 0.2) is 48.0 Å². The van der Waals surface area contributed by atoms with Crippen LogP contribution < -0.4 is 14.8 Å². The lowest BCUT2D eigenvalue weighted by Crippen LogP contribution is -2.26. The zero-order valence-corrected chi connectivity index (χ0v) is 14.6. The van der Waals surface area contributed by atoms with E-state index < -0.39 is 0 Å². The molecule has 0 radical (unpaired) electrons. The Balaban J connectivity index is 1.94. The highest BCUT2D eigenvalue weighted by Crippen LogP contribution is 2.28. The van der Waals surface area contributed by atoms with Crippen molar-refractivity contribution in [3.63, 3.8) is 0 Å². The minimum atomic E-state index is -0.263. The van der Waals surface area contributed by atoms with Crippen LogP contribution in [0, 0.1) is 5.82 Å². The Bertz CT molecular complexity index is 754. The fourth-order valence-electron chi connectivity index (χ4n) is 2.37. The van der Waals surface area contributed by atoms with Crippen molar-refractivity contribution in [2.24, 2.45) is 0 Å². The van der Waals surface area contributed by atoms with Crippen LogP contribution in [0.4, 0.5) is 4.39 Å². The molecular formula is C20H22FNO3. The third-order valence-corrected chi connectivity index (χ3v) is 3.76. The van der Waals surface area contributed by atoms with Gasteiger partial charge in [0.15, 0.2) is 11.5 Å². The zero-order valence-electron chi connectivity index (χ0n) is 14.6. The quantitative estimate of drug-likeness (QED) is 0.782. The Kier molecular flexibility index (Phi) is 6.57. The summed E-state index contributed by atoms with van der Waals surface area (Å²) < 4.78 is 23.3. The van der Waals surface area contributed by atoms with Crippen molar-refractivity contribution in [1.29, 1.82) is 0 Å². The molecule has 0 aromatic heterocycles. The fraction of sp³-hybridized carbons (Fsp3) is 0.250. The van der Waals surface area contributed by atoms with Crippen molar-refractivity contribution in [1.82, 2.24) is 5.32 Å². The van der Waals surface area contributed by atoms with E-state index in [1.54, 1.807) is 45.4 Å². The molecule has 2 rings (SSSR count). The van der Waals surface area contributed by atoms with Gasteiger partial charge in [0.1, 0.15) is 5.82 Å². The topological polar surface area (TPSA) is 47.6 Å². The summed E-state index contributed by atoms with van der Waals surface area (Å²) >= 11 is 0. The van der Waals surface area contributed by atoms with E-state index in [0.717, 1.165) is 11.1 Å². The van der Waals surface area contributed by atoms with E-state index in [-0.39, 0.29) is 11.7 Å². The van der Waals surface area contributed by atoms with E-state index in [1.807, 2.05) is 12.1 Å². The van der Waals surface area contributed by atoms with E-state index in [9.17, 15) is 9.18 Å². The van der Waals surface area contributed by atoms with Crippen LogP contribution in [0.3, 0.4) is 0 Å². The van der Waals surface area contributed by atoms with Gasteiger partial charge in [-0.25, -0.2) is 4.39 Å². The van der Waals surface area contributed by atoms with Crippen molar-refractivity contribution in [2.75, 3.05) is 20.8 Å². The van der Waals surface area contributed by atoms with Gasteiger partial charge in [-0.1, -0.05) is 18.2 Å². The van der Waals surface area contributed by atoms with Crippen LogP contribution >= 0.6 is 0 Å². The molecule has 0 aliphatic heterocycles. The largest absolute Gasteiger partial charge is 0.493 e. The lowest BCUT2D eigenvalue weighted by Gasteiger charge is -2.09. The number of halogens is 1. The number of amides is 1. The molecule has 0 unspecified atom stereocenters. The molecule has 0 heterocycles. The van der Waals surface area contributed by atoms with Crippen molar-refractivity contribution < 1.29 is 18.7 Å². The van der Waals surface area contributed by atoms with Crippen LogP contribution in [0.25, 0.3) is 6.08 Å². The normalized spacial score (nSPS) is 11.1. The molecule has 5 heteroatoms. The van der Waals surface area contributed by atoms with Gasteiger partial charge in [-0.2, -0.15) is 0 Å². The maximum Gasteiger partial charge on any atom is 0.246 e. The number of benzene rings is 2. The summed E-state index contributed by atoms with van der Waals surface area (Å²) in [6.07, 6.45) is 2.44. The van der Waals surface area contributed by atoms with Crippen LogP contribution in [0.5, 0.6) is 11.5 Å². The molecule has 0 aliphatic carbocycles. The lowest BCUT2D eigenvalue weighted by molar-refractivity contribution is -0.117. The molecule has 0 bridgehead atoms. The Morgan fingerprint density at radius 3 is 2.40 bits per heavy atom. The highest BCUT2D eigenvalue weighted by Gasteiger charge is 2.07. The number of carbonyl (C=O) groups is 1. The van der Waals surface area contributed by atoms with E-state index in [0.29, 0.717) is 30.0 Å². The van der Waals surface area contributed by atoms with Gasteiger partial charge in [-0.15, -0.1) is 0 Å². The van der Waals surface area contributed by atoms with E-state index in [4.69, 9.17) is 9.47 Å². The molecule has 0 aliphatic rings. The molecule has 0 fully saturated rings. The van der Waals surface area contributed by atoms with E-state index >= 15 is 0 Å². The Hall–Kier alpha value is -2.82. The van der Waals surface area contributed by atoms with Crippen LogP contribution in [-0.4, -0.2) is 26.7 Å². The van der Waals surface area contributed by atoms with E-state index in [2.05, 4.69) is 5.32 Å². The highest BCUT2D eigenvalue weighted by molar-refractivity contribution is 5.97. The molecule has 2 aromatic rings. The number of hydrogen-bond acceptors (Lipinski definition) is 3. The predicted octanol–water partition coefficient (Wildman–Crippen LogP) is 3.61. The summed E-state index contributed by atoms with van der Waals surface area (Å²) in [5, 5.41) is 2.86.